The highest BCUT2D eigenvalue weighted by atomic mass is 35.5. The first-order valence-electron chi connectivity index (χ1n) is 7.94. The van der Waals surface area contributed by atoms with Gasteiger partial charge in [-0.3, -0.25) is 4.79 Å². The molecule has 1 saturated heterocycles. The van der Waals surface area contributed by atoms with Gasteiger partial charge in [-0.1, -0.05) is 12.2 Å². The molecule has 0 spiro atoms. The van der Waals surface area contributed by atoms with Gasteiger partial charge in [0.1, 0.15) is 0 Å². The number of aliphatic hydroxyl groups excluding tert-OH is 1. The lowest BCUT2D eigenvalue weighted by molar-refractivity contribution is -0.155. The Balaban J connectivity index is 2.11. The molecule has 0 aromatic carbocycles. The number of hydrogen-bond acceptors (Lipinski definition) is 4. The second-order valence-electron chi connectivity index (χ2n) is 6.60. The molecule has 5 nitrogen and oxygen atoms in total. The van der Waals surface area contributed by atoms with Gasteiger partial charge in [-0.15, -0.1) is 11.6 Å². The van der Waals surface area contributed by atoms with Crippen LogP contribution in [0.3, 0.4) is 0 Å². The largest absolute Gasteiger partial charge is 0.390 e. The number of sulfone groups is 1. The zero-order valence-corrected chi connectivity index (χ0v) is 14.9. The lowest BCUT2D eigenvalue weighted by atomic mass is 9.72. The van der Waals surface area contributed by atoms with E-state index in [1.807, 2.05) is 12.2 Å². The number of β-lactam (4-membered cyclic amide) rings is 1. The van der Waals surface area contributed by atoms with Crippen LogP contribution in [0.4, 0.5) is 0 Å². The van der Waals surface area contributed by atoms with Crippen LogP contribution in [0.15, 0.2) is 22.6 Å². The highest BCUT2D eigenvalue weighted by Gasteiger charge is 2.76. The van der Waals surface area contributed by atoms with Gasteiger partial charge in [0.15, 0.2) is 9.84 Å². The lowest BCUT2D eigenvalue weighted by Gasteiger charge is -2.54. The summed E-state index contributed by atoms with van der Waals surface area (Å²) in [5, 5.41) is 10.9. The predicted octanol–water partition coefficient (Wildman–Crippen LogP) is 1.61. The number of allylic oxidation sites excluding steroid dienone is 2. The molecule has 4 atom stereocenters. The van der Waals surface area contributed by atoms with E-state index in [1.54, 1.807) is 7.05 Å². The standard InChI is InChI=1S/C16H22ClNO4S/c1-10-12(8-9-17)13-16(23(10,21)22,15(20)18(13)2)14(19)11-6-4-3-5-7-11/h4,6,11,13-14,19H,3,5,7-9H2,1-2H3/t11-,13?,14+,16+/m1/s1. The van der Waals surface area contributed by atoms with Crippen LogP contribution < -0.4 is 0 Å². The first-order valence-corrected chi connectivity index (χ1v) is 9.95. The van der Waals surface area contributed by atoms with Crippen molar-refractivity contribution in [1.82, 2.24) is 4.90 Å². The van der Waals surface area contributed by atoms with Crippen molar-refractivity contribution >= 4 is 27.3 Å². The highest BCUT2D eigenvalue weighted by Crippen LogP contribution is 2.55. The minimum absolute atomic E-state index is 0.208. The Hall–Kier alpha value is -0.850. The summed E-state index contributed by atoms with van der Waals surface area (Å²) in [4.78, 5) is 14.3. The number of aliphatic hydroxyl groups is 1. The zero-order chi connectivity index (χ0) is 17.0. The molecule has 7 heteroatoms. The molecule has 2 heterocycles. The van der Waals surface area contributed by atoms with Crippen molar-refractivity contribution in [2.75, 3.05) is 12.9 Å². The Labute approximate surface area is 141 Å². The summed E-state index contributed by atoms with van der Waals surface area (Å²) in [5.41, 5.74) is 0.668. The third-order valence-electron chi connectivity index (χ3n) is 5.58. The van der Waals surface area contributed by atoms with Crippen LogP contribution in [0.25, 0.3) is 0 Å². The van der Waals surface area contributed by atoms with Gasteiger partial charge in [0.05, 0.1) is 12.1 Å². The topological polar surface area (TPSA) is 74.7 Å². The minimum Gasteiger partial charge on any atom is -0.390 e. The number of carbonyl (C=O) groups is 1. The van der Waals surface area contributed by atoms with Crippen LogP contribution in [0.1, 0.15) is 32.6 Å². The maximum atomic E-state index is 13.1. The predicted molar refractivity (Wildman–Crippen MR) is 88.7 cm³/mol. The quantitative estimate of drug-likeness (QED) is 0.470. The molecule has 3 rings (SSSR count). The summed E-state index contributed by atoms with van der Waals surface area (Å²) in [6.07, 6.45) is 5.51. The molecular formula is C16H22ClNO4S. The van der Waals surface area contributed by atoms with Gasteiger partial charge in [0.2, 0.25) is 10.7 Å². The molecule has 1 fully saturated rings. The molecule has 128 valence electrons. The van der Waals surface area contributed by atoms with Crippen molar-refractivity contribution in [2.24, 2.45) is 5.92 Å². The molecule has 0 saturated carbocycles. The van der Waals surface area contributed by atoms with Crippen LogP contribution in [0.2, 0.25) is 0 Å². The van der Waals surface area contributed by atoms with Crippen LogP contribution in [0, 0.1) is 5.92 Å². The van der Waals surface area contributed by atoms with Crippen LogP contribution in [0.5, 0.6) is 0 Å². The van der Waals surface area contributed by atoms with E-state index in [1.165, 1.54) is 11.8 Å². The van der Waals surface area contributed by atoms with Crippen molar-refractivity contribution in [3.05, 3.63) is 22.6 Å². The second-order valence-corrected chi connectivity index (χ2v) is 9.28. The van der Waals surface area contributed by atoms with Gasteiger partial charge in [0.25, 0.3) is 0 Å². The SMILES string of the molecule is CC1=C(CCCl)C2N(C)C(=O)[C@]2([C@@H](O)[C@@H]2C=CCCC2)S1(=O)=O. The third-order valence-corrected chi connectivity index (χ3v) is 8.36. The molecule has 1 amide bonds. The Bertz CT molecular complexity index is 699. The van der Waals surface area contributed by atoms with Gasteiger partial charge in [-0.2, -0.15) is 0 Å². The van der Waals surface area contributed by atoms with E-state index in [4.69, 9.17) is 11.6 Å². The average Bonchev–Trinajstić information content (AvgIpc) is 2.71. The van der Waals surface area contributed by atoms with E-state index in [-0.39, 0.29) is 16.7 Å². The van der Waals surface area contributed by atoms with E-state index < -0.39 is 32.6 Å². The van der Waals surface area contributed by atoms with Crippen molar-refractivity contribution in [2.45, 2.75) is 49.5 Å². The average molecular weight is 360 g/mol. The van der Waals surface area contributed by atoms with Crippen molar-refractivity contribution in [3.8, 4) is 0 Å². The Morgan fingerprint density at radius 2 is 2.22 bits per heavy atom. The summed E-state index contributed by atoms with van der Waals surface area (Å²) >= 11 is 5.83. The minimum atomic E-state index is -3.88. The molecule has 1 aliphatic carbocycles. The van der Waals surface area contributed by atoms with Gasteiger partial charge in [-0.25, -0.2) is 8.42 Å². The highest BCUT2D eigenvalue weighted by molar-refractivity contribution is 7.98. The van der Waals surface area contributed by atoms with E-state index in [9.17, 15) is 18.3 Å². The molecule has 0 radical (unpaired) electrons. The number of nitrogens with zero attached hydrogens (tertiary/aromatic N) is 1. The first-order chi connectivity index (χ1) is 10.8. The summed E-state index contributed by atoms with van der Waals surface area (Å²) in [6, 6.07) is -0.593. The van der Waals surface area contributed by atoms with Crippen molar-refractivity contribution < 1.29 is 18.3 Å². The van der Waals surface area contributed by atoms with Crippen LogP contribution in [-0.2, 0) is 14.6 Å². The summed E-state index contributed by atoms with van der Waals surface area (Å²) in [5.74, 6) is -0.518. The normalized spacial score (nSPS) is 36.9. The van der Waals surface area contributed by atoms with Crippen molar-refractivity contribution in [3.63, 3.8) is 0 Å². The molecule has 1 unspecified atom stereocenters. The Morgan fingerprint density at radius 3 is 2.78 bits per heavy atom. The zero-order valence-electron chi connectivity index (χ0n) is 13.3. The number of carbonyl (C=O) groups excluding carboxylic acids is 1. The third kappa shape index (κ3) is 1.94. The number of likely N-dealkylation sites (N-methyl/N-ethyl adjacent to an activating group) is 1. The number of rotatable bonds is 4. The molecule has 0 aromatic heterocycles. The number of hydrogen-bond donors (Lipinski definition) is 1. The lowest BCUT2D eigenvalue weighted by Crippen LogP contribution is -2.79. The molecule has 2 aliphatic heterocycles. The molecule has 0 aromatic rings. The van der Waals surface area contributed by atoms with E-state index in [0.29, 0.717) is 18.4 Å². The van der Waals surface area contributed by atoms with Gasteiger partial charge in [0, 0.05) is 23.8 Å². The van der Waals surface area contributed by atoms with E-state index >= 15 is 0 Å². The fourth-order valence-electron chi connectivity index (χ4n) is 4.39. The number of halogens is 1. The maximum Gasteiger partial charge on any atom is 0.249 e. The Morgan fingerprint density at radius 1 is 1.52 bits per heavy atom. The monoisotopic (exact) mass is 359 g/mol. The fraction of sp³-hybridized carbons (Fsp3) is 0.688. The van der Waals surface area contributed by atoms with Crippen LogP contribution in [-0.4, -0.2) is 54.2 Å². The van der Waals surface area contributed by atoms with Gasteiger partial charge < -0.3 is 10.0 Å². The fourth-order valence-corrected chi connectivity index (χ4v) is 7.12. The number of alkyl halides is 1. The Kier molecular flexibility index (Phi) is 4.14. The first kappa shape index (κ1) is 17.0. The number of amides is 1. The number of likely N-dealkylation sites (tertiary alicyclic amines) is 1. The number of fused-ring (bicyclic) bond motifs is 1. The molecule has 23 heavy (non-hydrogen) atoms. The molecule has 0 bridgehead atoms. The molecule has 3 aliphatic rings. The second kappa shape index (κ2) is 5.60. The van der Waals surface area contributed by atoms with Gasteiger partial charge >= 0.3 is 0 Å². The molecular weight excluding hydrogens is 338 g/mol. The summed E-state index contributed by atoms with van der Waals surface area (Å²) in [7, 11) is -2.29. The van der Waals surface area contributed by atoms with Crippen LogP contribution >= 0.6 is 11.6 Å². The molecule has 1 N–H and O–H groups in total. The van der Waals surface area contributed by atoms with E-state index in [0.717, 1.165) is 12.8 Å². The smallest absolute Gasteiger partial charge is 0.249 e. The maximum absolute atomic E-state index is 13.1. The van der Waals surface area contributed by atoms with E-state index in [2.05, 4.69) is 0 Å². The van der Waals surface area contributed by atoms with Crippen molar-refractivity contribution in [1.29, 1.82) is 0 Å². The summed E-state index contributed by atoms with van der Waals surface area (Å²) in [6.45, 7) is 1.53. The van der Waals surface area contributed by atoms with Gasteiger partial charge in [-0.05, 0) is 38.2 Å². The summed E-state index contributed by atoms with van der Waals surface area (Å²) < 4.78 is 24.4.